The maximum atomic E-state index is 12.6. The van der Waals surface area contributed by atoms with Crippen LogP contribution >= 0.6 is 0 Å². The summed E-state index contributed by atoms with van der Waals surface area (Å²) in [6.45, 7) is 0.444. The van der Waals surface area contributed by atoms with Crippen molar-refractivity contribution in [2.75, 3.05) is 6.54 Å². The normalized spacial score (nSPS) is 21.3. The third-order valence-corrected chi connectivity index (χ3v) is 4.43. The number of carbonyl (C=O) groups is 1. The molecule has 1 saturated carbocycles. The van der Waals surface area contributed by atoms with Crippen molar-refractivity contribution in [2.24, 2.45) is 5.92 Å². The van der Waals surface area contributed by atoms with Crippen molar-refractivity contribution >= 4 is 6.03 Å². The van der Waals surface area contributed by atoms with Crippen molar-refractivity contribution in [3.05, 3.63) is 35.4 Å². The predicted molar refractivity (Wildman–Crippen MR) is 84.4 cm³/mol. The van der Waals surface area contributed by atoms with Gasteiger partial charge in [0.1, 0.15) is 0 Å². The minimum atomic E-state index is -4.13. The Kier molecular flexibility index (Phi) is 6.48. The minimum absolute atomic E-state index is 0.00246. The number of halogens is 3. The molecule has 0 unspecified atom stereocenters. The minimum Gasteiger partial charge on any atom is -0.392 e. The number of urea groups is 1. The van der Waals surface area contributed by atoms with E-state index in [1.807, 2.05) is 24.3 Å². The predicted octanol–water partition coefficient (Wildman–Crippen LogP) is 3.14. The van der Waals surface area contributed by atoms with Crippen LogP contribution in [0.4, 0.5) is 18.0 Å². The van der Waals surface area contributed by atoms with Crippen LogP contribution in [0.2, 0.25) is 0 Å². The zero-order chi connectivity index (χ0) is 17.6. The molecule has 7 heteroatoms. The molecule has 0 radical (unpaired) electrons. The number of aliphatic hydroxyl groups excluding tert-OH is 1. The summed E-state index contributed by atoms with van der Waals surface area (Å²) in [4.78, 5) is 11.8. The first-order valence-electron chi connectivity index (χ1n) is 8.18. The second-order valence-corrected chi connectivity index (χ2v) is 6.22. The van der Waals surface area contributed by atoms with E-state index in [9.17, 15) is 18.0 Å². The Labute approximate surface area is 139 Å². The van der Waals surface area contributed by atoms with Crippen LogP contribution < -0.4 is 10.6 Å². The molecule has 3 N–H and O–H groups in total. The van der Waals surface area contributed by atoms with Crippen molar-refractivity contribution in [1.82, 2.24) is 10.6 Å². The number of benzene rings is 1. The number of hydrogen-bond acceptors (Lipinski definition) is 2. The number of nitrogens with one attached hydrogen (secondary N) is 2. The smallest absolute Gasteiger partial charge is 0.391 e. The molecule has 24 heavy (non-hydrogen) atoms. The van der Waals surface area contributed by atoms with E-state index in [1.165, 1.54) is 0 Å². The topological polar surface area (TPSA) is 61.4 Å². The molecule has 1 fully saturated rings. The molecule has 0 aromatic heterocycles. The van der Waals surface area contributed by atoms with Gasteiger partial charge < -0.3 is 15.7 Å². The molecule has 2 amide bonds. The SMILES string of the molecule is O=C(NCCc1ccc(CO)cc1)NC1CCC(C(F)(F)F)CC1. The van der Waals surface area contributed by atoms with E-state index in [2.05, 4.69) is 10.6 Å². The molecular formula is C17H23F3N2O2. The van der Waals surface area contributed by atoms with Crippen LogP contribution in [0.3, 0.4) is 0 Å². The third-order valence-electron chi connectivity index (χ3n) is 4.43. The highest BCUT2D eigenvalue weighted by atomic mass is 19.4. The molecule has 0 atom stereocenters. The van der Waals surface area contributed by atoms with Gasteiger partial charge >= 0.3 is 12.2 Å². The lowest BCUT2D eigenvalue weighted by atomic mass is 9.86. The molecule has 1 aromatic rings. The highest BCUT2D eigenvalue weighted by molar-refractivity contribution is 5.74. The van der Waals surface area contributed by atoms with Crippen LogP contribution in [0.5, 0.6) is 0 Å². The van der Waals surface area contributed by atoms with Gasteiger partial charge in [-0.05, 0) is 43.2 Å². The van der Waals surface area contributed by atoms with Crippen molar-refractivity contribution in [2.45, 2.75) is 50.9 Å². The molecule has 0 aliphatic heterocycles. The van der Waals surface area contributed by atoms with Gasteiger partial charge in [0.05, 0.1) is 12.5 Å². The molecule has 4 nitrogen and oxygen atoms in total. The summed E-state index contributed by atoms with van der Waals surface area (Å²) in [5.74, 6) is -1.24. The van der Waals surface area contributed by atoms with Crippen LogP contribution in [0, 0.1) is 5.92 Å². The number of alkyl halides is 3. The van der Waals surface area contributed by atoms with Crippen LogP contribution in [0.25, 0.3) is 0 Å². The van der Waals surface area contributed by atoms with Crippen LogP contribution in [-0.4, -0.2) is 29.9 Å². The summed E-state index contributed by atoms with van der Waals surface area (Å²) in [6.07, 6.45) is -2.60. The van der Waals surface area contributed by atoms with Crippen molar-refractivity contribution in [3.63, 3.8) is 0 Å². The number of rotatable bonds is 5. The zero-order valence-electron chi connectivity index (χ0n) is 13.4. The second-order valence-electron chi connectivity index (χ2n) is 6.22. The van der Waals surface area contributed by atoms with E-state index in [-0.39, 0.29) is 31.5 Å². The number of aliphatic hydroxyl groups is 1. The first-order valence-corrected chi connectivity index (χ1v) is 8.18. The van der Waals surface area contributed by atoms with Gasteiger partial charge in [-0.25, -0.2) is 4.79 Å². The summed E-state index contributed by atoms with van der Waals surface area (Å²) in [5, 5.41) is 14.4. The van der Waals surface area contributed by atoms with E-state index >= 15 is 0 Å². The molecule has 0 bridgehead atoms. The standard InChI is InChI=1S/C17H23F3N2O2/c18-17(19,20)14-5-7-15(8-6-14)22-16(24)21-10-9-12-1-3-13(11-23)4-2-12/h1-4,14-15,23H,5-11H2,(H2,21,22,24). The van der Waals surface area contributed by atoms with E-state index in [4.69, 9.17) is 5.11 Å². The molecular weight excluding hydrogens is 321 g/mol. The monoisotopic (exact) mass is 344 g/mol. The zero-order valence-corrected chi connectivity index (χ0v) is 13.4. The molecule has 0 saturated heterocycles. The highest BCUT2D eigenvalue weighted by Crippen LogP contribution is 2.37. The first kappa shape index (κ1) is 18.6. The molecule has 1 aromatic carbocycles. The summed E-state index contributed by atoms with van der Waals surface area (Å²) >= 11 is 0. The lowest BCUT2D eigenvalue weighted by molar-refractivity contribution is -0.182. The Morgan fingerprint density at radius 2 is 1.67 bits per heavy atom. The van der Waals surface area contributed by atoms with Gasteiger partial charge in [-0.2, -0.15) is 13.2 Å². The summed E-state index contributed by atoms with van der Waals surface area (Å²) in [5.41, 5.74) is 1.87. The van der Waals surface area contributed by atoms with Crippen molar-refractivity contribution in [1.29, 1.82) is 0 Å². The van der Waals surface area contributed by atoms with Crippen LogP contribution in [-0.2, 0) is 13.0 Å². The van der Waals surface area contributed by atoms with Crippen molar-refractivity contribution in [3.8, 4) is 0 Å². The van der Waals surface area contributed by atoms with Crippen LogP contribution in [0.1, 0.15) is 36.8 Å². The summed E-state index contributed by atoms with van der Waals surface area (Å²) in [7, 11) is 0. The van der Waals surface area contributed by atoms with Gasteiger partial charge in [0.15, 0.2) is 0 Å². The fourth-order valence-electron chi connectivity index (χ4n) is 2.93. The van der Waals surface area contributed by atoms with E-state index < -0.39 is 12.1 Å². The molecule has 2 rings (SSSR count). The Balaban J connectivity index is 1.65. The number of amides is 2. The number of carbonyl (C=O) groups excluding carboxylic acids is 1. The average molecular weight is 344 g/mol. The largest absolute Gasteiger partial charge is 0.392 e. The molecule has 0 heterocycles. The molecule has 134 valence electrons. The lowest BCUT2D eigenvalue weighted by Crippen LogP contribution is -2.45. The number of hydrogen-bond donors (Lipinski definition) is 3. The van der Waals surface area contributed by atoms with E-state index in [0.717, 1.165) is 11.1 Å². The van der Waals surface area contributed by atoms with Gasteiger partial charge in [0.25, 0.3) is 0 Å². The Morgan fingerprint density at radius 1 is 1.08 bits per heavy atom. The Bertz CT molecular complexity index is 524. The maximum absolute atomic E-state index is 12.6. The Morgan fingerprint density at radius 3 is 2.21 bits per heavy atom. The third kappa shape index (κ3) is 5.70. The van der Waals surface area contributed by atoms with Gasteiger partial charge in [-0.3, -0.25) is 0 Å². The molecule has 1 aliphatic rings. The van der Waals surface area contributed by atoms with Gasteiger partial charge in [0, 0.05) is 12.6 Å². The lowest BCUT2D eigenvalue weighted by Gasteiger charge is -2.30. The summed E-state index contributed by atoms with van der Waals surface area (Å²) < 4.78 is 37.8. The van der Waals surface area contributed by atoms with Gasteiger partial charge in [-0.15, -0.1) is 0 Å². The fourth-order valence-corrected chi connectivity index (χ4v) is 2.93. The fraction of sp³-hybridized carbons (Fsp3) is 0.588. The molecule has 0 spiro atoms. The van der Waals surface area contributed by atoms with Gasteiger partial charge in [-0.1, -0.05) is 24.3 Å². The molecule has 1 aliphatic carbocycles. The highest BCUT2D eigenvalue weighted by Gasteiger charge is 2.41. The maximum Gasteiger partial charge on any atom is 0.391 e. The van der Waals surface area contributed by atoms with Gasteiger partial charge in [0.2, 0.25) is 0 Å². The average Bonchev–Trinajstić information content (AvgIpc) is 2.55. The quantitative estimate of drug-likeness (QED) is 0.768. The first-order chi connectivity index (χ1) is 11.4. The van der Waals surface area contributed by atoms with E-state index in [1.54, 1.807) is 0 Å². The van der Waals surface area contributed by atoms with E-state index in [0.29, 0.717) is 25.8 Å². The van der Waals surface area contributed by atoms with Crippen LogP contribution in [0.15, 0.2) is 24.3 Å². The Hall–Kier alpha value is -1.76. The summed E-state index contributed by atoms with van der Waals surface area (Å²) in [6, 6.07) is 6.92. The second kappa shape index (κ2) is 8.37. The van der Waals surface area contributed by atoms with Crippen molar-refractivity contribution < 1.29 is 23.1 Å².